The number of carbonyl (C=O) groups is 1. The molecule has 40 heavy (non-hydrogen) atoms. The van der Waals surface area contributed by atoms with Gasteiger partial charge in [-0.25, -0.2) is 9.37 Å². The summed E-state index contributed by atoms with van der Waals surface area (Å²) in [6, 6.07) is 26.3. The number of hydrogen-bond donors (Lipinski definition) is 1. The number of anilines is 1. The lowest BCUT2D eigenvalue weighted by atomic mass is 9.98. The molecule has 2 aromatic heterocycles. The number of pyridine rings is 1. The Kier molecular flexibility index (Phi) is 8.35. The predicted molar refractivity (Wildman–Crippen MR) is 154 cm³/mol. The van der Waals surface area contributed by atoms with Crippen molar-refractivity contribution in [2.75, 3.05) is 11.4 Å². The topological polar surface area (TPSA) is 87.7 Å². The fourth-order valence-corrected chi connectivity index (χ4v) is 4.73. The first-order valence-electron chi connectivity index (χ1n) is 13.4. The molecule has 7 nitrogen and oxygen atoms in total. The third-order valence-corrected chi connectivity index (χ3v) is 6.69. The number of hydrogen-bond acceptors (Lipinski definition) is 6. The Morgan fingerprint density at radius 1 is 0.875 bits per heavy atom. The fourth-order valence-electron chi connectivity index (χ4n) is 4.73. The number of carbonyl (C=O) groups excluding carboxylic acids is 1. The number of halogens is 1. The van der Waals surface area contributed by atoms with Crippen molar-refractivity contribution in [3.05, 3.63) is 113 Å². The Balaban J connectivity index is 1.53. The van der Waals surface area contributed by atoms with E-state index in [2.05, 4.69) is 32.4 Å². The summed E-state index contributed by atoms with van der Waals surface area (Å²) in [5.74, 6) is 1.08. The van der Waals surface area contributed by atoms with Gasteiger partial charge in [0.05, 0.1) is 5.69 Å². The summed E-state index contributed by atoms with van der Waals surface area (Å²) >= 11 is 0. The predicted octanol–water partition coefficient (Wildman–Crippen LogP) is 6.15. The number of H-pyrrole nitrogens is 1. The molecular formula is C32H31FN6O. The number of tetrazole rings is 1. The van der Waals surface area contributed by atoms with Crippen LogP contribution in [0.25, 0.3) is 22.6 Å². The van der Waals surface area contributed by atoms with Gasteiger partial charge < -0.3 is 4.90 Å². The van der Waals surface area contributed by atoms with Crippen molar-refractivity contribution in [1.82, 2.24) is 25.6 Å². The van der Waals surface area contributed by atoms with E-state index in [0.717, 1.165) is 57.9 Å². The summed E-state index contributed by atoms with van der Waals surface area (Å²) in [5, 5.41) is 14.6. The Morgan fingerprint density at radius 3 is 2.27 bits per heavy atom. The van der Waals surface area contributed by atoms with E-state index in [-0.39, 0.29) is 18.0 Å². The number of aromatic nitrogens is 5. The highest BCUT2D eigenvalue weighted by atomic mass is 19.1. The van der Waals surface area contributed by atoms with E-state index in [1.54, 1.807) is 12.1 Å². The van der Waals surface area contributed by atoms with Crippen molar-refractivity contribution in [2.24, 2.45) is 0 Å². The number of benzene rings is 3. The smallest absolute Gasteiger partial charge is 0.205 e. The van der Waals surface area contributed by atoms with Crippen LogP contribution in [0.3, 0.4) is 0 Å². The van der Waals surface area contributed by atoms with Gasteiger partial charge in [-0.3, -0.25) is 4.79 Å². The number of rotatable bonds is 11. The largest absolute Gasteiger partial charge is 0.352 e. The highest BCUT2D eigenvalue weighted by molar-refractivity contribution is 5.84. The molecule has 0 aliphatic carbocycles. The van der Waals surface area contributed by atoms with Crippen molar-refractivity contribution >= 4 is 11.6 Å². The van der Waals surface area contributed by atoms with E-state index in [1.165, 1.54) is 12.1 Å². The summed E-state index contributed by atoms with van der Waals surface area (Å²) in [5.41, 5.74) is 6.37. The maximum absolute atomic E-state index is 13.6. The molecule has 5 aromatic rings. The molecule has 0 saturated heterocycles. The zero-order chi connectivity index (χ0) is 27.9. The van der Waals surface area contributed by atoms with Crippen LogP contribution in [0.4, 0.5) is 10.2 Å². The van der Waals surface area contributed by atoms with Gasteiger partial charge in [0.15, 0.2) is 0 Å². The lowest BCUT2D eigenvalue weighted by Gasteiger charge is -2.25. The molecule has 0 bridgehead atoms. The third-order valence-electron chi connectivity index (χ3n) is 6.69. The van der Waals surface area contributed by atoms with Crippen LogP contribution in [0, 0.1) is 12.7 Å². The first-order valence-corrected chi connectivity index (χ1v) is 13.4. The van der Waals surface area contributed by atoms with Gasteiger partial charge in [0, 0.05) is 37.1 Å². The quantitative estimate of drug-likeness (QED) is 0.219. The van der Waals surface area contributed by atoms with Gasteiger partial charge in [0.25, 0.3) is 0 Å². The number of Topliss-reactive ketones (excluding diaryl/α,β-unsaturated/α-hetero) is 1. The van der Waals surface area contributed by atoms with Crippen molar-refractivity contribution in [3.8, 4) is 22.6 Å². The van der Waals surface area contributed by atoms with Gasteiger partial charge in [0.2, 0.25) is 5.82 Å². The summed E-state index contributed by atoms with van der Waals surface area (Å²) in [6.07, 6.45) is 1.53. The van der Waals surface area contributed by atoms with E-state index in [4.69, 9.17) is 4.98 Å². The van der Waals surface area contributed by atoms with E-state index in [0.29, 0.717) is 18.8 Å². The Hall–Kier alpha value is -4.72. The fraction of sp³-hybridized carbons (Fsp3) is 0.219. The number of nitrogens with zero attached hydrogens (tertiary/aromatic N) is 5. The third kappa shape index (κ3) is 6.64. The first kappa shape index (κ1) is 26.9. The van der Waals surface area contributed by atoms with Gasteiger partial charge in [-0.1, -0.05) is 73.2 Å². The summed E-state index contributed by atoms with van der Waals surface area (Å²) in [6.45, 7) is 5.45. The van der Waals surface area contributed by atoms with Crippen LogP contribution in [-0.2, 0) is 24.2 Å². The van der Waals surface area contributed by atoms with Gasteiger partial charge in [-0.15, -0.1) is 10.2 Å². The Bertz CT molecular complexity index is 1570. The molecule has 2 heterocycles. The first-order chi connectivity index (χ1) is 19.5. The molecular weight excluding hydrogens is 503 g/mol. The lowest BCUT2D eigenvalue weighted by Crippen LogP contribution is -2.25. The van der Waals surface area contributed by atoms with Crippen molar-refractivity contribution in [2.45, 2.75) is 39.7 Å². The molecule has 0 unspecified atom stereocenters. The van der Waals surface area contributed by atoms with E-state index < -0.39 is 0 Å². The number of aryl methyl sites for hydroxylation is 1. The maximum Gasteiger partial charge on any atom is 0.205 e. The normalized spacial score (nSPS) is 11.0. The molecule has 0 aliphatic rings. The second-order valence-electron chi connectivity index (χ2n) is 9.93. The minimum atomic E-state index is -0.265. The minimum Gasteiger partial charge on any atom is -0.352 e. The molecule has 0 radical (unpaired) electrons. The maximum atomic E-state index is 13.6. The van der Waals surface area contributed by atoms with Crippen molar-refractivity contribution in [1.29, 1.82) is 0 Å². The molecule has 0 amide bonds. The van der Waals surface area contributed by atoms with Crippen LogP contribution in [0.5, 0.6) is 0 Å². The molecule has 0 atom stereocenters. The zero-order valence-corrected chi connectivity index (χ0v) is 22.6. The molecule has 0 aliphatic heterocycles. The Labute approximate surface area is 233 Å². The van der Waals surface area contributed by atoms with E-state index in [1.807, 2.05) is 67.6 Å². The average molecular weight is 535 g/mol. The van der Waals surface area contributed by atoms with Gasteiger partial charge in [-0.05, 0) is 59.5 Å². The molecule has 202 valence electrons. The summed E-state index contributed by atoms with van der Waals surface area (Å²) < 4.78 is 13.6. The molecule has 0 fully saturated rings. The molecule has 8 heteroatoms. The molecule has 3 aromatic carbocycles. The highest BCUT2D eigenvalue weighted by Gasteiger charge is 2.17. The van der Waals surface area contributed by atoms with E-state index in [9.17, 15) is 9.18 Å². The van der Waals surface area contributed by atoms with Crippen LogP contribution < -0.4 is 4.90 Å². The standard InChI is InChI=1S/C32H31FN6O/c1-3-16-39(21-24-12-14-26(33)15-13-24)31-20-25(18-27(40)17-23-10-8-22(2)9-11-23)19-30(34-31)28-6-4-5-7-29(28)32-35-37-38-36-32/h4-15,19-20H,3,16-18,21H2,1-2H3,(H,35,36,37,38). The second-order valence-corrected chi connectivity index (χ2v) is 9.93. The van der Waals surface area contributed by atoms with Gasteiger partial charge >= 0.3 is 0 Å². The average Bonchev–Trinajstić information content (AvgIpc) is 3.50. The van der Waals surface area contributed by atoms with Crippen LogP contribution in [0.2, 0.25) is 0 Å². The molecule has 1 N–H and O–H groups in total. The summed E-state index contributed by atoms with van der Waals surface area (Å²) in [4.78, 5) is 20.4. The van der Waals surface area contributed by atoms with Crippen LogP contribution in [0.15, 0.2) is 84.9 Å². The zero-order valence-electron chi connectivity index (χ0n) is 22.6. The monoisotopic (exact) mass is 534 g/mol. The van der Waals surface area contributed by atoms with Crippen molar-refractivity contribution in [3.63, 3.8) is 0 Å². The number of nitrogens with one attached hydrogen (secondary N) is 1. The van der Waals surface area contributed by atoms with Gasteiger partial charge in [-0.2, -0.15) is 5.21 Å². The van der Waals surface area contributed by atoms with E-state index >= 15 is 0 Å². The van der Waals surface area contributed by atoms with Crippen LogP contribution in [0.1, 0.15) is 35.6 Å². The highest BCUT2D eigenvalue weighted by Crippen LogP contribution is 2.31. The molecule has 0 saturated carbocycles. The number of ketones is 1. The molecule has 5 rings (SSSR count). The minimum absolute atomic E-state index is 0.124. The van der Waals surface area contributed by atoms with Crippen LogP contribution >= 0.6 is 0 Å². The molecule has 0 spiro atoms. The summed E-state index contributed by atoms with van der Waals surface area (Å²) in [7, 11) is 0. The SMILES string of the molecule is CCCN(Cc1ccc(F)cc1)c1cc(CC(=O)Cc2ccc(C)cc2)cc(-c2ccccc2-c2nn[nH]n2)n1. The Morgan fingerprint density at radius 2 is 1.57 bits per heavy atom. The number of aromatic amines is 1. The van der Waals surface area contributed by atoms with Crippen molar-refractivity contribution < 1.29 is 9.18 Å². The van der Waals surface area contributed by atoms with Crippen LogP contribution in [-0.4, -0.2) is 37.9 Å². The lowest BCUT2D eigenvalue weighted by molar-refractivity contribution is -0.117. The van der Waals surface area contributed by atoms with Gasteiger partial charge in [0.1, 0.15) is 17.4 Å². The second kappa shape index (κ2) is 12.4.